The molecule has 2 unspecified atom stereocenters. The quantitative estimate of drug-likeness (QED) is 0.623. The lowest BCUT2D eigenvalue weighted by Gasteiger charge is -2.29. The number of rotatable bonds is 4. The van der Waals surface area contributed by atoms with Gasteiger partial charge in [0.1, 0.15) is 0 Å². The zero-order valence-corrected chi connectivity index (χ0v) is 8.15. The normalized spacial score (nSPS) is 24.2. The molecule has 2 N–H and O–H groups in total. The minimum absolute atomic E-state index is 0.554. The molecule has 1 aliphatic rings. The Morgan fingerprint density at radius 2 is 1.85 bits per heavy atom. The molecular formula is C9H19NO3. The fourth-order valence-electron chi connectivity index (χ4n) is 1.44. The maximum atomic E-state index is 9.54. The van der Waals surface area contributed by atoms with Crippen molar-refractivity contribution in [2.75, 3.05) is 32.8 Å². The highest BCUT2D eigenvalue weighted by Crippen LogP contribution is 2.03. The van der Waals surface area contributed by atoms with Crippen molar-refractivity contribution in [1.29, 1.82) is 0 Å². The van der Waals surface area contributed by atoms with Gasteiger partial charge < -0.3 is 14.9 Å². The Kier molecular flexibility index (Phi) is 4.66. The number of hydrogen-bond acceptors (Lipinski definition) is 4. The standard InChI is InChI=1S/C9H19NO3/c1-2-8(11)9(12)7-10-3-5-13-6-4-10/h8-9,11-12H,2-7H2,1H3. The van der Waals surface area contributed by atoms with E-state index in [9.17, 15) is 10.2 Å². The number of morpholine rings is 1. The van der Waals surface area contributed by atoms with Crippen LogP contribution in [0.4, 0.5) is 0 Å². The minimum atomic E-state index is -0.622. The first kappa shape index (κ1) is 10.9. The first-order valence-electron chi connectivity index (χ1n) is 4.90. The van der Waals surface area contributed by atoms with Gasteiger partial charge in [-0.3, -0.25) is 4.90 Å². The van der Waals surface area contributed by atoms with Crippen LogP contribution in [0.25, 0.3) is 0 Å². The highest BCUT2D eigenvalue weighted by molar-refractivity contribution is 4.72. The van der Waals surface area contributed by atoms with E-state index in [1.54, 1.807) is 0 Å². The van der Waals surface area contributed by atoms with Gasteiger partial charge in [-0.25, -0.2) is 0 Å². The van der Waals surface area contributed by atoms with E-state index < -0.39 is 12.2 Å². The molecule has 2 atom stereocenters. The van der Waals surface area contributed by atoms with Crippen molar-refractivity contribution in [3.8, 4) is 0 Å². The Labute approximate surface area is 79.1 Å². The van der Waals surface area contributed by atoms with E-state index >= 15 is 0 Å². The lowest BCUT2D eigenvalue weighted by atomic mass is 10.1. The molecule has 1 aliphatic heterocycles. The molecule has 4 heteroatoms. The van der Waals surface area contributed by atoms with Gasteiger partial charge in [0, 0.05) is 19.6 Å². The number of nitrogens with zero attached hydrogens (tertiary/aromatic N) is 1. The highest BCUT2D eigenvalue weighted by atomic mass is 16.5. The molecule has 0 aromatic rings. The molecule has 78 valence electrons. The Morgan fingerprint density at radius 3 is 2.38 bits per heavy atom. The average molecular weight is 189 g/mol. The summed E-state index contributed by atoms with van der Waals surface area (Å²) in [7, 11) is 0. The second-order valence-electron chi connectivity index (χ2n) is 3.46. The maximum absolute atomic E-state index is 9.54. The summed E-state index contributed by atoms with van der Waals surface area (Å²) in [6.45, 7) is 5.59. The number of β-amino-alcohol motifs (C(OH)–C–C–N with tert-alkyl or cyclic N) is 1. The van der Waals surface area contributed by atoms with Gasteiger partial charge >= 0.3 is 0 Å². The van der Waals surface area contributed by atoms with Gasteiger partial charge in [-0.05, 0) is 6.42 Å². The summed E-state index contributed by atoms with van der Waals surface area (Å²) >= 11 is 0. The SMILES string of the molecule is CCC(O)C(O)CN1CCOCC1. The third kappa shape index (κ3) is 3.60. The third-order valence-corrected chi connectivity index (χ3v) is 2.41. The Morgan fingerprint density at radius 1 is 1.23 bits per heavy atom. The molecule has 1 saturated heterocycles. The van der Waals surface area contributed by atoms with Crippen molar-refractivity contribution < 1.29 is 14.9 Å². The monoisotopic (exact) mass is 189 g/mol. The van der Waals surface area contributed by atoms with Gasteiger partial charge in [-0.1, -0.05) is 6.92 Å². The third-order valence-electron chi connectivity index (χ3n) is 2.41. The predicted molar refractivity (Wildman–Crippen MR) is 49.6 cm³/mol. The molecule has 1 rings (SSSR count). The molecule has 0 aliphatic carbocycles. The summed E-state index contributed by atoms with van der Waals surface area (Å²) in [5.41, 5.74) is 0. The first-order valence-corrected chi connectivity index (χ1v) is 4.90. The molecule has 0 spiro atoms. The fraction of sp³-hybridized carbons (Fsp3) is 1.00. The molecule has 4 nitrogen and oxygen atoms in total. The summed E-state index contributed by atoms with van der Waals surface area (Å²) in [5, 5.41) is 18.9. The van der Waals surface area contributed by atoms with Gasteiger partial charge in [0.05, 0.1) is 25.4 Å². The highest BCUT2D eigenvalue weighted by Gasteiger charge is 2.19. The van der Waals surface area contributed by atoms with Crippen molar-refractivity contribution in [2.24, 2.45) is 0 Å². The summed E-state index contributed by atoms with van der Waals surface area (Å²) in [6, 6.07) is 0. The van der Waals surface area contributed by atoms with Crippen molar-refractivity contribution in [3.63, 3.8) is 0 Å². The van der Waals surface area contributed by atoms with E-state index in [0.717, 1.165) is 26.3 Å². The van der Waals surface area contributed by atoms with E-state index in [-0.39, 0.29) is 0 Å². The molecule has 0 aromatic carbocycles. The molecule has 0 bridgehead atoms. The summed E-state index contributed by atoms with van der Waals surface area (Å²) in [5.74, 6) is 0. The van der Waals surface area contributed by atoms with Gasteiger partial charge in [-0.2, -0.15) is 0 Å². The van der Waals surface area contributed by atoms with Crippen LogP contribution in [0.1, 0.15) is 13.3 Å². The van der Waals surface area contributed by atoms with Crippen LogP contribution in [0.15, 0.2) is 0 Å². The van der Waals surface area contributed by atoms with Crippen LogP contribution in [-0.2, 0) is 4.74 Å². The number of hydrogen-bond donors (Lipinski definition) is 2. The lowest BCUT2D eigenvalue weighted by molar-refractivity contribution is -0.0290. The van der Waals surface area contributed by atoms with Crippen LogP contribution in [0.5, 0.6) is 0 Å². The number of aliphatic hydroxyl groups excluding tert-OH is 2. The second-order valence-corrected chi connectivity index (χ2v) is 3.46. The maximum Gasteiger partial charge on any atom is 0.0925 e. The van der Waals surface area contributed by atoms with E-state index in [1.165, 1.54) is 0 Å². The molecule has 0 saturated carbocycles. The van der Waals surface area contributed by atoms with Crippen molar-refractivity contribution in [2.45, 2.75) is 25.6 Å². The minimum Gasteiger partial charge on any atom is -0.390 e. The molecule has 0 aromatic heterocycles. The van der Waals surface area contributed by atoms with Gasteiger partial charge in [0.2, 0.25) is 0 Å². The largest absolute Gasteiger partial charge is 0.390 e. The number of aliphatic hydroxyl groups is 2. The summed E-state index contributed by atoms with van der Waals surface area (Å²) in [4.78, 5) is 2.12. The molecule has 1 heterocycles. The summed E-state index contributed by atoms with van der Waals surface area (Å²) in [6.07, 6.45) is -0.614. The van der Waals surface area contributed by atoms with Gasteiger partial charge in [-0.15, -0.1) is 0 Å². The second kappa shape index (κ2) is 5.54. The van der Waals surface area contributed by atoms with E-state index in [1.807, 2.05) is 6.92 Å². The Hall–Kier alpha value is -0.160. The Balaban J connectivity index is 2.21. The zero-order chi connectivity index (χ0) is 9.68. The lowest BCUT2D eigenvalue weighted by Crippen LogP contribution is -2.44. The zero-order valence-electron chi connectivity index (χ0n) is 8.15. The van der Waals surface area contributed by atoms with E-state index in [2.05, 4.69) is 4.90 Å². The smallest absolute Gasteiger partial charge is 0.0925 e. The van der Waals surface area contributed by atoms with Gasteiger partial charge in [0.25, 0.3) is 0 Å². The van der Waals surface area contributed by atoms with E-state index in [0.29, 0.717) is 13.0 Å². The van der Waals surface area contributed by atoms with Crippen LogP contribution >= 0.6 is 0 Å². The number of ether oxygens (including phenoxy) is 1. The first-order chi connectivity index (χ1) is 6.24. The van der Waals surface area contributed by atoms with Crippen LogP contribution in [0, 0.1) is 0 Å². The average Bonchev–Trinajstić information content (AvgIpc) is 2.18. The van der Waals surface area contributed by atoms with Crippen molar-refractivity contribution in [1.82, 2.24) is 4.90 Å². The van der Waals surface area contributed by atoms with Crippen LogP contribution in [0.3, 0.4) is 0 Å². The Bertz CT molecular complexity index is 137. The van der Waals surface area contributed by atoms with E-state index in [4.69, 9.17) is 4.74 Å². The summed E-state index contributed by atoms with van der Waals surface area (Å²) < 4.78 is 5.18. The van der Waals surface area contributed by atoms with Crippen LogP contribution in [-0.4, -0.2) is 60.2 Å². The molecule has 13 heavy (non-hydrogen) atoms. The molecule has 0 amide bonds. The molecule has 0 radical (unpaired) electrons. The van der Waals surface area contributed by atoms with Gasteiger partial charge in [0.15, 0.2) is 0 Å². The fourth-order valence-corrected chi connectivity index (χ4v) is 1.44. The van der Waals surface area contributed by atoms with Crippen molar-refractivity contribution in [3.05, 3.63) is 0 Å². The predicted octanol–water partition coefficient (Wildman–Crippen LogP) is -0.550. The molecule has 1 fully saturated rings. The topological polar surface area (TPSA) is 52.9 Å². The van der Waals surface area contributed by atoms with Crippen LogP contribution in [0.2, 0.25) is 0 Å². The van der Waals surface area contributed by atoms with Crippen molar-refractivity contribution >= 4 is 0 Å². The molecular weight excluding hydrogens is 170 g/mol. The van der Waals surface area contributed by atoms with Crippen LogP contribution < -0.4 is 0 Å².